The zero-order valence-electron chi connectivity index (χ0n) is 7.93. The Labute approximate surface area is 91.8 Å². The first-order valence-electron chi connectivity index (χ1n) is 4.18. The summed E-state index contributed by atoms with van der Waals surface area (Å²) in [6, 6.07) is 10.2. The fourth-order valence-electron chi connectivity index (χ4n) is 0.833. The normalized spacial score (nSPS) is 9.79. The van der Waals surface area contributed by atoms with E-state index in [1.54, 1.807) is 10.8 Å². The molecule has 0 aromatic heterocycles. The van der Waals surface area contributed by atoms with E-state index in [1.165, 1.54) is 23.5 Å². The van der Waals surface area contributed by atoms with Crippen molar-refractivity contribution >= 4 is 27.6 Å². The van der Waals surface area contributed by atoms with Crippen molar-refractivity contribution in [3.8, 4) is 0 Å². The van der Waals surface area contributed by atoms with E-state index >= 15 is 0 Å². The third kappa shape index (κ3) is 4.58. The van der Waals surface area contributed by atoms with Crippen LogP contribution in [0.3, 0.4) is 0 Å². The third-order valence-electron chi connectivity index (χ3n) is 1.56. The first-order chi connectivity index (χ1) is 6.83. The number of carbonyl (C=O) groups excluding carboxylic acids is 1. The fraction of sp³-hybridized carbons (Fsp3) is 0.300. The highest BCUT2D eigenvalue weighted by atomic mass is 33.1. The van der Waals surface area contributed by atoms with E-state index in [2.05, 4.69) is 16.9 Å². The summed E-state index contributed by atoms with van der Waals surface area (Å²) >= 11 is 0. The Morgan fingerprint density at radius 3 is 2.64 bits per heavy atom. The van der Waals surface area contributed by atoms with Gasteiger partial charge in [0, 0.05) is 5.75 Å². The third-order valence-corrected chi connectivity index (χ3v) is 3.73. The van der Waals surface area contributed by atoms with Crippen LogP contribution in [-0.4, -0.2) is 18.8 Å². The van der Waals surface area contributed by atoms with Crippen LogP contribution in [0.2, 0.25) is 0 Å². The summed E-state index contributed by atoms with van der Waals surface area (Å²) in [4.78, 5) is 10.8. The average molecular weight is 228 g/mol. The van der Waals surface area contributed by atoms with Crippen LogP contribution in [0.4, 0.5) is 0 Å². The van der Waals surface area contributed by atoms with Crippen LogP contribution in [0.25, 0.3) is 0 Å². The highest BCUT2D eigenvalue weighted by Gasteiger charge is 2.00. The molecule has 0 saturated carbocycles. The number of ether oxygens (including phenoxy) is 1. The number of methoxy groups -OCH3 is 1. The van der Waals surface area contributed by atoms with Gasteiger partial charge in [0.1, 0.15) is 5.75 Å². The lowest BCUT2D eigenvalue weighted by atomic mass is 10.2. The molecule has 0 saturated heterocycles. The topological polar surface area (TPSA) is 26.3 Å². The molecule has 1 rings (SSSR count). The first kappa shape index (κ1) is 11.5. The molecule has 0 aliphatic carbocycles. The quantitative estimate of drug-likeness (QED) is 0.440. The first-order valence-corrected chi connectivity index (χ1v) is 6.67. The smallest absolute Gasteiger partial charge is 0.316 e. The summed E-state index contributed by atoms with van der Waals surface area (Å²) in [5.74, 6) is 1.16. The highest BCUT2D eigenvalue weighted by molar-refractivity contribution is 8.76. The van der Waals surface area contributed by atoms with Crippen molar-refractivity contribution in [2.75, 3.05) is 12.9 Å². The van der Waals surface area contributed by atoms with Gasteiger partial charge in [0.15, 0.2) is 0 Å². The standard InChI is InChI=1S/C10H12O2S2/c1-12-10(11)8-14-13-7-9-5-3-2-4-6-9/h2-6H,7-8H2,1H3. The highest BCUT2D eigenvalue weighted by Crippen LogP contribution is 2.25. The number of rotatable bonds is 5. The molecule has 0 heterocycles. The molecule has 0 fully saturated rings. The Kier molecular flexibility index (Phi) is 5.56. The molecular formula is C10H12O2S2. The van der Waals surface area contributed by atoms with Crippen LogP contribution in [0, 0.1) is 0 Å². The zero-order valence-corrected chi connectivity index (χ0v) is 9.57. The fourth-order valence-corrected chi connectivity index (χ4v) is 2.74. The van der Waals surface area contributed by atoms with Crippen molar-refractivity contribution in [1.29, 1.82) is 0 Å². The number of esters is 1. The molecule has 2 nitrogen and oxygen atoms in total. The van der Waals surface area contributed by atoms with Gasteiger partial charge in [-0.3, -0.25) is 4.79 Å². The van der Waals surface area contributed by atoms with Crippen LogP contribution < -0.4 is 0 Å². The number of benzene rings is 1. The van der Waals surface area contributed by atoms with Gasteiger partial charge < -0.3 is 4.74 Å². The van der Waals surface area contributed by atoms with Crippen LogP contribution in [0.5, 0.6) is 0 Å². The van der Waals surface area contributed by atoms with Gasteiger partial charge in [-0.1, -0.05) is 51.9 Å². The lowest BCUT2D eigenvalue weighted by Gasteiger charge is -2.00. The maximum Gasteiger partial charge on any atom is 0.316 e. The van der Waals surface area contributed by atoms with Crippen molar-refractivity contribution in [2.24, 2.45) is 0 Å². The predicted molar refractivity (Wildman–Crippen MR) is 62.2 cm³/mol. The lowest BCUT2D eigenvalue weighted by molar-refractivity contribution is -0.137. The minimum absolute atomic E-state index is 0.171. The van der Waals surface area contributed by atoms with Gasteiger partial charge in [-0.2, -0.15) is 0 Å². The minimum atomic E-state index is -0.171. The summed E-state index contributed by atoms with van der Waals surface area (Å²) in [7, 11) is 4.60. The van der Waals surface area contributed by atoms with E-state index in [1.807, 2.05) is 18.2 Å². The van der Waals surface area contributed by atoms with Crippen molar-refractivity contribution in [3.63, 3.8) is 0 Å². The van der Waals surface area contributed by atoms with Crippen LogP contribution in [0.15, 0.2) is 30.3 Å². The molecule has 0 aliphatic heterocycles. The molecule has 14 heavy (non-hydrogen) atoms. The SMILES string of the molecule is COC(=O)CSSCc1ccccc1. The van der Waals surface area contributed by atoms with Crippen LogP contribution in [0.1, 0.15) is 5.56 Å². The number of hydrogen-bond acceptors (Lipinski definition) is 4. The van der Waals surface area contributed by atoms with Gasteiger partial charge in [0.2, 0.25) is 0 Å². The summed E-state index contributed by atoms with van der Waals surface area (Å²) in [6.07, 6.45) is 0. The predicted octanol–water partition coefficient (Wildman–Crippen LogP) is 2.74. The van der Waals surface area contributed by atoms with E-state index in [0.717, 1.165) is 5.75 Å². The Morgan fingerprint density at radius 2 is 2.00 bits per heavy atom. The Morgan fingerprint density at radius 1 is 1.29 bits per heavy atom. The molecule has 0 spiro atoms. The van der Waals surface area contributed by atoms with E-state index in [9.17, 15) is 4.79 Å². The van der Waals surface area contributed by atoms with E-state index in [4.69, 9.17) is 0 Å². The molecule has 0 bridgehead atoms. The van der Waals surface area contributed by atoms with Gasteiger partial charge in [-0.25, -0.2) is 0 Å². The molecule has 1 aromatic carbocycles. The summed E-state index contributed by atoms with van der Waals surface area (Å²) in [6.45, 7) is 0. The maximum atomic E-state index is 10.8. The molecule has 0 N–H and O–H groups in total. The van der Waals surface area contributed by atoms with Crippen molar-refractivity contribution in [1.82, 2.24) is 0 Å². The zero-order chi connectivity index (χ0) is 10.2. The largest absolute Gasteiger partial charge is 0.468 e. The molecular weight excluding hydrogens is 216 g/mol. The van der Waals surface area contributed by atoms with Crippen molar-refractivity contribution in [3.05, 3.63) is 35.9 Å². The molecule has 0 unspecified atom stereocenters. The lowest BCUT2D eigenvalue weighted by Crippen LogP contribution is -2.01. The van der Waals surface area contributed by atoms with E-state index < -0.39 is 0 Å². The van der Waals surface area contributed by atoms with Crippen molar-refractivity contribution in [2.45, 2.75) is 5.75 Å². The Balaban J connectivity index is 2.13. The summed E-state index contributed by atoms with van der Waals surface area (Å²) in [5, 5.41) is 0. The summed E-state index contributed by atoms with van der Waals surface area (Å²) in [5.41, 5.74) is 1.27. The second-order valence-corrected chi connectivity index (χ2v) is 5.05. The Bertz CT molecular complexity index is 275. The second kappa shape index (κ2) is 6.79. The molecule has 0 atom stereocenters. The monoisotopic (exact) mass is 228 g/mol. The maximum absolute atomic E-state index is 10.8. The number of carbonyl (C=O) groups is 1. The summed E-state index contributed by atoms with van der Waals surface area (Å²) < 4.78 is 4.53. The van der Waals surface area contributed by atoms with E-state index in [-0.39, 0.29) is 5.97 Å². The Hall–Kier alpha value is -0.610. The van der Waals surface area contributed by atoms with Gasteiger partial charge in [0.05, 0.1) is 7.11 Å². The molecule has 1 aromatic rings. The van der Waals surface area contributed by atoms with Gasteiger partial charge in [0.25, 0.3) is 0 Å². The molecule has 0 radical (unpaired) electrons. The molecule has 0 aliphatic rings. The van der Waals surface area contributed by atoms with Crippen LogP contribution >= 0.6 is 21.6 Å². The van der Waals surface area contributed by atoms with Crippen LogP contribution in [-0.2, 0) is 15.3 Å². The van der Waals surface area contributed by atoms with E-state index in [0.29, 0.717) is 5.75 Å². The molecule has 0 amide bonds. The second-order valence-electron chi connectivity index (χ2n) is 2.59. The number of hydrogen-bond donors (Lipinski definition) is 0. The van der Waals surface area contributed by atoms with Gasteiger partial charge in [-0.05, 0) is 5.56 Å². The van der Waals surface area contributed by atoms with Crippen molar-refractivity contribution < 1.29 is 9.53 Å². The molecule has 4 heteroatoms. The van der Waals surface area contributed by atoms with Gasteiger partial charge >= 0.3 is 5.97 Å². The van der Waals surface area contributed by atoms with Gasteiger partial charge in [-0.15, -0.1) is 0 Å². The minimum Gasteiger partial charge on any atom is -0.468 e. The average Bonchev–Trinajstić information content (AvgIpc) is 2.25. The molecule has 76 valence electrons.